The molecule has 3 N–H and O–H groups in total. The highest BCUT2D eigenvalue weighted by molar-refractivity contribution is 6.04. The number of nitrogens with one attached hydrogen (secondary N) is 3. The summed E-state index contributed by atoms with van der Waals surface area (Å²) in [6.45, 7) is 2.48. The van der Waals surface area contributed by atoms with E-state index in [0.29, 0.717) is 12.1 Å². The predicted molar refractivity (Wildman–Crippen MR) is 55.3 cm³/mol. The van der Waals surface area contributed by atoms with Gasteiger partial charge in [-0.1, -0.05) is 18.2 Å². The first-order chi connectivity index (χ1) is 6.74. The lowest BCUT2D eigenvalue weighted by Gasteiger charge is -2.06. The van der Waals surface area contributed by atoms with Gasteiger partial charge in [-0.25, -0.2) is 0 Å². The molecule has 0 aliphatic heterocycles. The maximum atomic E-state index is 11.4. The van der Waals surface area contributed by atoms with Gasteiger partial charge in [-0.2, -0.15) is 0 Å². The normalized spacial score (nSPS) is 9.21. The van der Waals surface area contributed by atoms with Crippen LogP contribution in [0.15, 0.2) is 30.3 Å². The summed E-state index contributed by atoms with van der Waals surface area (Å²) in [6.07, 6.45) is 0. The molecule has 0 atom stereocenters. The molecule has 0 heterocycles. The van der Waals surface area contributed by atoms with Crippen molar-refractivity contribution in [2.24, 2.45) is 0 Å². The quantitative estimate of drug-likeness (QED) is 0.481. The van der Waals surface area contributed by atoms with Gasteiger partial charge in [0.1, 0.15) is 0 Å². The van der Waals surface area contributed by atoms with Crippen molar-refractivity contribution in [3.63, 3.8) is 0 Å². The molecule has 1 rings (SSSR count). The minimum Gasteiger partial charge on any atom is -0.357 e. The third kappa shape index (κ3) is 2.90. The minimum absolute atomic E-state index is 0.0290. The summed E-state index contributed by atoms with van der Waals surface area (Å²) < 4.78 is 0. The summed E-state index contributed by atoms with van der Waals surface area (Å²) in [7, 11) is 0. The summed E-state index contributed by atoms with van der Waals surface area (Å²) in [6, 6.07) is 8.81. The van der Waals surface area contributed by atoms with Crippen molar-refractivity contribution in [2.75, 3.05) is 6.54 Å². The Morgan fingerprint density at radius 2 is 2.00 bits per heavy atom. The lowest BCUT2D eigenvalue weighted by molar-refractivity contribution is 0.0975. The highest BCUT2D eigenvalue weighted by Crippen LogP contribution is 1.96. The van der Waals surface area contributed by atoms with E-state index in [2.05, 4.69) is 10.6 Å². The molecule has 0 saturated heterocycles. The number of hydrogen-bond donors (Lipinski definition) is 3. The first kappa shape index (κ1) is 10.2. The van der Waals surface area contributed by atoms with E-state index in [9.17, 15) is 4.79 Å². The largest absolute Gasteiger partial charge is 0.357 e. The SMILES string of the molecule is CCNC(=N)NC(=O)c1ccccc1. The summed E-state index contributed by atoms with van der Waals surface area (Å²) in [5.74, 6) is -0.238. The molecule has 0 radical (unpaired) electrons. The van der Waals surface area contributed by atoms with E-state index in [4.69, 9.17) is 5.41 Å². The monoisotopic (exact) mass is 191 g/mol. The van der Waals surface area contributed by atoms with Crippen LogP contribution in [0, 0.1) is 5.41 Å². The van der Waals surface area contributed by atoms with Crippen LogP contribution >= 0.6 is 0 Å². The maximum absolute atomic E-state index is 11.4. The standard InChI is InChI=1S/C10H13N3O/c1-2-12-10(11)13-9(14)8-6-4-3-5-7-8/h3-7H,2H2,1H3,(H3,11,12,13,14). The average molecular weight is 191 g/mol. The Labute approximate surface area is 82.8 Å². The average Bonchev–Trinajstić information content (AvgIpc) is 2.19. The molecule has 0 spiro atoms. The zero-order valence-corrected chi connectivity index (χ0v) is 8.00. The summed E-state index contributed by atoms with van der Waals surface area (Å²) in [5.41, 5.74) is 0.551. The number of guanidine groups is 1. The molecular weight excluding hydrogens is 178 g/mol. The molecule has 0 unspecified atom stereocenters. The molecule has 0 saturated carbocycles. The Hall–Kier alpha value is -1.84. The fourth-order valence-electron chi connectivity index (χ4n) is 0.996. The summed E-state index contributed by atoms with van der Waals surface area (Å²) >= 11 is 0. The van der Waals surface area contributed by atoms with Crippen molar-refractivity contribution >= 4 is 11.9 Å². The van der Waals surface area contributed by atoms with Gasteiger partial charge in [0.25, 0.3) is 5.91 Å². The van der Waals surface area contributed by atoms with Crippen LogP contribution in [0.4, 0.5) is 0 Å². The molecular formula is C10H13N3O. The highest BCUT2D eigenvalue weighted by Gasteiger charge is 2.05. The van der Waals surface area contributed by atoms with Gasteiger partial charge in [0.05, 0.1) is 0 Å². The topological polar surface area (TPSA) is 65.0 Å². The lowest BCUT2D eigenvalue weighted by Crippen LogP contribution is -2.39. The molecule has 74 valence electrons. The molecule has 14 heavy (non-hydrogen) atoms. The molecule has 0 aliphatic carbocycles. The van der Waals surface area contributed by atoms with E-state index < -0.39 is 0 Å². The maximum Gasteiger partial charge on any atom is 0.257 e. The number of amides is 1. The Morgan fingerprint density at radius 3 is 2.57 bits per heavy atom. The van der Waals surface area contributed by atoms with Crippen molar-refractivity contribution in [1.29, 1.82) is 5.41 Å². The molecule has 1 aromatic carbocycles. The third-order valence-corrected chi connectivity index (χ3v) is 1.63. The van der Waals surface area contributed by atoms with E-state index in [1.807, 2.05) is 13.0 Å². The number of rotatable bonds is 2. The van der Waals surface area contributed by atoms with E-state index in [1.54, 1.807) is 24.3 Å². The van der Waals surface area contributed by atoms with Gasteiger partial charge >= 0.3 is 0 Å². The van der Waals surface area contributed by atoms with Crippen LogP contribution in [0.3, 0.4) is 0 Å². The van der Waals surface area contributed by atoms with Gasteiger partial charge < -0.3 is 5.32 Å². The number of carbonyl (C=O) groups excluding carboxylic acids is 1. The minimum atomic E-state index is -0.267. The van der Waals surface area contributed by atoms with E-state index in [-0.39, 0.29) is 11.9 Å². The van der Waals surface area contributed by atoms with Gasteiger partial charge in [0.15, 0.2) is 5.96 Å². The molecule has 0 bridgehead atoms. The van der Waals surface area contributed by atoms with E-state index in [1.165, 1.54) is 0 Å². The molecule has 4 nitrogen and oxygen atoms in total. The predicted octanol–water partition coefficient (Wildman–Crippen LogP) is 0.961. The van der Waals surface area contributed by atoms with Crippen molar-refractivity contribution in [3.8, 4) is 0 Å². The second-order valence-corrected chi connectivity index (χ2v) is 2.73. The van der Waals surface area contributed by atoms with Gasteiger partial charge in [0.2, 0.25) is 0 Å². The molecule has 0 aromatic heterocycles. The van der Waals surface area contributed by atoms with Gasteiger partial charge in [-0.05, 0) is 19.1 Å². The third-order valence-electron chi connectivity index (χ3n) is 1.63. The molecule has 4 heteroatoms. The van der Waals surface area contributed by atoms with Crippen LogP contribution in [0.1, 0.15) is 17.3 Å². The first-order valence-electron chi connectivity index (χ1n) is 4.43. The fraction of sp³-hybridized carbons (Fsp3) is 0.200. The molecule has 0 fully saturated rings. The van der Waals surface area contributed by atoms with Crippen molar-refractivity contribution in [3.05, 3.63) is 35.9 Å². The van der Waals surface area contributed by atoms with Crippen molar-refractivity contribution < 1.29 is 4.79 Å². The Bertz CT molecular complexity index is 321. The zero-order chi connectivity index (χ0) is 10.4. The summed E-state index contributed by atoms with van der Waals surface area (Å²) in [5, 5.41) is 12.5. The first-order valence-corrected chi connectivity index (χ1v) is 4.43. The number of hydrogen-bond acceptors (Lipinski definition) is 2. The van der Waals surface area contributed by atoms with Crippen LogP contribution in [-0.4, -0.2) is 18.4 Å². The van der Waals surface area contributed by atoms with Crippen LogP contribution in [0.5, 0.6) is 0 Å². The van der Waals surface area contributed by atoms with Gasteiger partial charge in [-0.3, -0.25) is 15.5 Å². The van der Waals surface area contributed by atoms with Crippen LogP contribution in [-0.2, 0) is 0 Å². The van der Waals surface area contributed by atoms with Gasteiger partial charge in [-0.15, -0.1) is 0 Å². The Kier molecular flexibility index (Phi) is 3.67. The molecule has 0 aliphatic rings. The van der Waals surface area contributed by atoms with Gasteiger partial charge in [0, 0.05) is 12.1 Å². The Morgan fingerprint density at radius 1 is 1.36 bits per heavy atom. The van der Waals surface area contributed by atoms with E-state index >= 15 is 0 Å². The number of carbonyl (C=O) groups is 1. The number of benzene rings is 1. The van der Waals surface area contributed by atoms with Crippen molar-refractivity contribution in [1.82, 2.24) is 10.6 Å². The molecule has 1 amide bonds. The van der Waals surface area contributed by atoms with E-state index in [0.717, 1.165) is 0 Å². The molecule has 1 aromatic rings. The second-order valence-electron chi connectivity index (χ2n) is 2.73. The smallest absolute Gasteiger partial charge is 0.257 e. The van der Waals surface area contributed by atoms with Crippen molar-refractivity contribution in [2.45, 2.75) is 6.92 Å². The highest BCUT2D eigenvalue weighted by atomic mass is 16.1. The van der Waals surface area contributed by atoms with Crippen LogP contribution in [0.25, 0.3) is 0 Å². The zero-order valence-electron chi connectivity index (χ0n) is 8.00. The Balaban J connectivity index is 2.55. The lowest BCUT2D eigenvalue weighted by atomic mass is 10.2. The second kappa shape index (κ2) is 5.01. The van der Waals surface area contributed by atoms with Crippen LogP contribution < -0.4 is 10.6 Å². The van der Waals surface area contributed by atoms with Crippen LogP contribution in [0.2, 0.25) is 0 Å². The summed E-state index contributed by atoms with van der Waals surface area (Å²) in [4.78, 5) is 11.4. The fourth-order valence-corrected chi connectivity index (χ4v) is 0.996.